The smallest absolute Gasteiger partial charge is 0.225 e. The largest absolute Gasteiger partial charge is 0.395 e. The maximum absolute atomic E-state index is 10.5. The molecule has 0 aromatic carbocycles. The highest BCUT2D eigenvalue weighted by Gasteiger charge is 2.27. The van der Waals surface area contributed by atoms with Gasteiger partial charge in [-0.05, 0) is 13.3 Å². The highest BCUT2D eigenvalue weighted by molar-refractivity contribution is 5.80. The van der Waals surface area contributed by atoms with Crippen LogP contribution in [0, 0.1) is 5.41 Å². The van der Waals surface area contributed by atoms with E-state index < -0.39 is 11.3 Å². The predicted octanol–water partition coefficient (Wildman–Crippen LogP) is -0.120. The predicted molar refractivity (Wildman–Crippen MR) is 34.7 cm³/mol. The molecular weight excluding hydrogens is 118 g/mol. The summed E-state index contributed by atoms with van der Waals surface area (Å²) in [5.74, 6) is -0.437. The molecule has 0 aliphatic carbocycles. The topological polar surface area (TPSA) is 63.3 Å². The third-order valence-corrected chi connectivity index (χ3v) is 1.72. The normalized spacial score (nSPS) is 16.8. The number of hydrogen-bond donors (Lipinski definition) is 2. The Labute approximate surface area is 54.9 Å². The number of aliphatic hydroxyl groups is 1. The molecule has 0 aliphatic rings. The van der Waals surface area contributed by atoms with Gasteiger partial charge in [-0.15, -0.1) is 0 Å². The number of nitrogens with two attached hydrogens (primary N) is 1. The molecule has 1 unspecified atom stereocenters. The summed E-state index contributed by atoms with van der Waals surface area (Å²) in [7, 11) is 0. The average molecular weight is 131 g/mol. The number of rotatable bonds is 3. The lowest BCUT2D eigenvalue weighted by Crippen LogP contribution is -2.36. The summed E-state index contributed by atoms with van der Waals surface area (Å²) in [6.07, 6.45) is 0.582. The van der Waals surface area contributed by atoms with E-state index in [-0.39, 0.29) is 6.61 Å². The third-order valence-electron chi connectivity index (χ3n) is 1.72. The van der Waals surface area contributed by atoms with Crippen molar-refractivity contribution in [3.8, 4) is 0 Å². The van der Waals surface area contributed by atoms with Gasteiger partial charge in [0.2, 0.25) is 5.91 Å². The molecule has 0 aromatic rings. The number of primary amides is 1. The zero-order chi connectivity index (χ0) is 7.49. The third kappa shape index (κ3) is 1.68. The molecule has 0 rings (SSSR count). The Kier molecular flexibility index (Phi) is 2.65. The molecule has 1 amide bonds. The first kappa shape index (κ1) is 8.43. The molecular formula is C6H13NO2. The van der Waals surface area contributed by atoms with Gasteiger partial charge in [0.05, 0.1) is 12.0 Å². The molecule has 3 nitrogen and oxygen atoms in total. The molecule has 1 atom stereocenters. The fourth-order valence-electron chi connectivity index (χ4n) is 0.364. The SMILES string of the molecule is CCC(C)(CO)C(N)=O. The van der Waals surface area contributed by atoms with Crippen LogP contribution in [0.15, 0.2) is 0 Å². The minimum absolute atomic E-state index is 0.168. The lowest BCUT2D eigenvalue weighted by molar-refractivity contribution is -0.129. The molecule has 0 heterocycles. The van der Waals surface area contributed by atoms with Crippen molar-refractivity contribution in [3.63, 3.8) is 0 Å². The molecule has 0 radical (unpaired) electrons. The molecule has 0 fully saturated rings. The maximum atomic E-state index is 10.5. The van der Waals surface area contributed by atoms with Crippen LogP contribution in [-0.2, 0) is 4.79 Å². The Morgan fingerprint density at radius 2 is 2.22 bits per heavy atom. The number of carbonyl (C=O) groups is 1. The molecule has 0 bridgehead atoms. The van der Waals surface area contributed by atoms with Gasteiger partial charge in [0.25, 0.3) is 0 Å². The second kappa shape index (κ2) is 2.82. The van der Waals surface area contributed by atoms with Crippen LogP contribution in [0.3, 0.4) is 0 Å². The quantitative estimate of drug-likeness (QED) is 0.561. The monoisotopic (exact) mass is 131 g/mol. The molecule has 3 heteroatoms. The minimum Gasteiger partial charge on any atom is -0.395 e. The molecule has 0 saturated heterocycles. The first-order valence-corrected chi connectivity index (χ1v) is 2.97. The number of amides is 1. The van der Waals surface area contributed by atoms with Gasteiger partial charge >= 0.3 is 0 Å². The second-order valence-electron chi connectivity index (χ2n) is 2.44. The van der Waals surface area contributed by atoms with E-state index in [1.807, 2.05) is 6.92 Å². The Morgan fingerprint density at radius 3 is 2.22 bits per heavy atom. The van der Waals surface area contributed by atoms with Gasteiger partial charge in [0.15, 0.2) is 0 Å². The van der Waals surface area contributed by atoms with E-state index in [4.69, 9.17) is 10.8 Å². The Morgan fingerprint density at radius 1 is 1.78 bits per heavy atom. The lowest BCUT2D eigenvalue weighted by atomic mass is 9.88. The first-order chi connectivity index (χ1) is 4.06. The van der Waals surface area contributed by atoms with E-state index in [2.05, 4.69) is 0 Å². The first-order valence-electron chi connectivity index (χ1n) is 2.97. The molecule has 9 heavy (non-hydrogen) atoms. The molecule has 3 N–H and O–H groups in total. The van der Waals surface area contributed by atoms with Crippen molar-refractivity contribution >= 4 is 5.91 Å². The summed E-state index contributed by atoms with van der Waals surface area (Å²) in [5.41, 5.74) is 4.27. The van der Waals surface area contributed by atoms with E-state index >= 15 is 0 Å². The van der Waals surface area contributed by atoms with Crippen molar-refractivity contribution in [3.05, 3.63) is 0 Å². The summed E-state index contributed by atoms with van der Waals surface area (Å²) >= 11 is 0. The van der Waals surface area contributed by atoms with Crippen molar-refractivity contribution in [2.75, 3.05) is 6.61 Å². The fraction of sp³-hybridized carbons (Fsp3) is 0.833. The fourth-order valence-corrected chi connectivity index (χ4v) is 0.364. The average Bonchev–Trinajstić information content (AvgIpc) is 1.86. The number of carbonyl (C=O) groups excluding carboxylic acids is 1. The second-order valence-corrected chi connectivity index (χ2v) is 2.44. The van der Waals surface area contributed by atoms with Crippen LogP contribution in [0.1, 0.15) is 20.3 Å². The van der Waals surface area contributed by atoms with E-state index in [1.54, 1.807) is 6.92 Å². The lowest BCUT2D eigenvalue weighted by Gasteiger charge is -2.20. The van der Waals surface area contributed by atoms with E-state index in [9.17, 15) is 4.79 Å². The van der Waals surface area contributed by atoms with Crippen molar-refractivity contribution in [1.29, 1.82) is 0 Å². The summed E-state index contributed by atoms with van der Waals surface area (Å²) in [6.45, 7) is 3.30. The van der Waals surface area contributed by atoms with E-state index in [0.717, 1.165) is 0 Å². The summed E-state index contributed by atoms with van der Waals surface area (Å²) in [4.78, 5) is 10.5. The van der Waals surface area contributed by atoms with Gasteiger partial charge in [-0.1, -0.05) is 6.92 Å². The minimum atomic E-state index is -0.722. The van der Waals surface area contributed by atoms with Gasteiger partial charge in [0, 0.05) is 0 Å². The summed E-state index contributed by atoms with van der Waals surface area (Å²) < 4.78 is 0. The highest BCUT2D eigenvalue weighted by Crippen LogP contribution is 2.18. The van der Waals surface area contributed by atoms with Gasteiger partial charge in [0.1, 0.15) is 0 Å². The van der Waals surface area contributed by atoms with Crippen LogP contribution >= 0.6 is 0 Å². The van der Waals surface area contributed by atoms with Crippen molar-refractivity contribution < 1.29 is 9.90 Å². The summed E-state index contributed by atoms with van der Waals surface area (Å²) in [6, 6.07) is 0. The van der Waals surface area contributed by atoms with Gasteiger partial charge in [-0.2, -0.15) is 0 Å². The molecule has 54 valence electrons. The van der Waals surface area contributed by atoms with Crippen LogP contribution in [0.5, 0.6) is 0 Å². The van der Waals surface area contributed by atoms with E-state index in [1.165, 1.54) is 0 Å². The van der Waals surface area contributed by atoms with Crippen LogP contribution in [-0.4, -0.2) is 17.6 Å². The molecule has 0 aromatic heterocycles. The van der Waals surface area contributed by atoms with Crippen molar-refractivity contribution in [2.45, 2.75) is 20.3 Å². The highest BCUT2D eigenvalue weighted by atomic mass is 16.3. The number of hydrogen-bond acceptors (Lipinski definition) is 2. The van der Waals surface area contributed by atoms with Crippen LogP contribution < -0.4 is 5.73 Å². The number of aliphatic hydroxyl groups excluding tert-OH is 1. The van der Waals surface area contributed by atoms with Gasteiger partial charge < -0.3 is 10.8 Å². The Balaban J connectivity index is 4.09. The Hall–Kier alpha value is -0.570. The molecule has 0 aliphatic heterocycles. The zero-order valence-corrected chi connectivity index (χ0v) is 5.85. The maximum Gasteiger partial charge on any atom is 0.225 e. The van der Waals surface area contributed by atoms with Gasteiger partial charge in [-0.3, -0.25) is 4.79 Å². The molecule has 0 saturated carbocycles. The van der Waals surface area contributed by atoms with Gasteiger partial charge in [-0.25, -0.2) is 0 Å². The molecule has 0 spiro atoms. The van der Waals surface area contributed by atoms with Crippen LogP contribution in [0.2, 0.25) is 0 Å². The van der Waals surface area contributed by atoms with Crippen LogP contribution in [0.25, 0.3) is 0 Å². The zero-order valence-electron chi connectivity index (χ0n) is 5.85. The Bertz CT molecular complexity index is 108. The van der Waals surface area contributed by atoms with E-state index in [0.29, 0.717) is 6.42 Å². The van der Waals surface area contributed by atoms with Crippen molar-refractivity contribution in [2.24, 2.45) is 11.1 Å². The standard InChI is InChI=1S/C6H13NO2/c1-3-6(2,4-8)5(7)9/h8H,3-4H2,1-2H3,(H2,7,9). The summed E-state index contributed by atoms with van der Waals surface area (Å²) in [5, 5.41) is 8.65. The van der Waals surface area contributed by atoms with Crippen LogP contribution in [0.4, 0.5) is 0 Å². The van der Waals surface area contributed by atoms with Crippen molar-refractivity contribution in [1.82, 2.24) is 0 Å².